The number of rotatable bonds is 1. The van der Waals surface area contributed by atoms with Crippen molar-refractivity contribution in [2.75, 3.05) is 10.2 Å². The number of nitrogens with zero attached hydrogens (tertiary/aromatic N) is 2. The molecule has 1 atom stereocenters. The Balaban J connectivity index is 1.90. The number of ketones is 1. The van der Waals surface area contributed by atoms with Gasteiger partial charge in [-0.15, -0.1) is 0 Å². The number of Topliss-reactive ketones (excluding diaryl/α,β-unsaturated/α-hetero) is 1. The first-order chi connectivity index (χ1) is 15.6. The lowest BCUT2D eigenvalue weighted by atomic mass is 9.60. The van der Waals surface area contributed by atoms with Crippen molar-refractivity contribution in [1.29, 1.82) is 5.26 Å². The molecule has 1 amide bonds. The minimum absolute atomic E-state index is 0.000445. The average Bonchev–Trinajstić information content (AvgIpc) is 3.00. The van der Waals surface area contributed by atoms with Gasteiger partial charge in [0.05, 0.1) is 5.57 Å². The third-order valence-electron chi connectivity index (χ3n) is 6.73. The zero-order valence-electron chi connectivity index (χ0n) is 18.6. The zero-order chi connectivity index (χ0) is 23.7. The summed E-state index contributed by atoms with van der Waals surface area (Å²) in [7, 11) is 0. The highest BCUT2D eigenvalue weighted by atomic mass is 19.1. The molecular formula is C26H23FN4O2. The molecule has 2 aromatic rings. The quantitative estimate of drug-likeness (QED) is 0.690. The first-order valence-corrected chi connectivity index (χ1v) is 10.8. The Morgan fingerprint density at radius 3 is 2.48 bits per heavy atom. The van der Waals surface area contributed by atoms with Crippen molar-refractivity contribution in [3.63, 3.8) is 0 Å². The topological polar surface area (TPSA) is 99.2 Å². The van der Waals surface area contributed by atoms with E-state index in [1.165, 1.54) is 12.1 Å². The summed E-state index contributed by atoms with van der Waals surface area (Å²) in [5.74, 6) is -0.998. The van der Waals surface area contributed by atoms with Crippen LogP contribution in [0.3, 0.4) is 0 Å². The maximum absolute atomic E-state index is 13.7. The molecule has 1 aliphatic carbocycles. The number of amides is 1. The van der Waals surface area contributed by atoms with Gasteiger partial charge in [-0.3, -0.25) is 14.5 Å². The van der Waals surface area contributed by atoms with Crippen LogP contribution < -0.4 is 16.0 Å². The van der Waals surface area contributed by atoms with Gasteiger partial charge in [0.2, 0.25) is 5.91 Å². The summed E-state index contributed by atoms with van der Waals surface area (Å²) in [4.78, 5) is 29.1. The van der Waals surface area contributed by atoms with Crippen molar-refractivity contribution in [1.82, 2.24) is 0 Å². The Labute approximate surface area is 191 Å². The molecule has 0 aromatic heterocycles. The molecule has 3 aliphatic rings. The summed E-state index contributed by atoms with van der Waals surface area (Å²) < 4.78 is 13.7. The van der Waals surface area contributed by atoms with Gasteiger partial charge >= 0.3 is 0 Å². The van der Waals surface area contributed by atoms with Crippen LogP contribution in [-0.4, -0.2) is 11.7 Å². The van der Waals surface area contributed by atoms with Crippen LogP contribution >= 0.6 is 0 Å². The third kappa shape index (κ3) is 2.77. The molecule has 166 valence electrons. The lowest BCUT2D eigenvalue weighted by Gasteiger charge is -2.46. The molecule has 33 heavy (non-hydrogen) atoms. The van der Waals surface area contributed by atoms with Crippen LogP contribution in [0.1, 0.15) is 37.8 Å². The zero-order valence-corrected chi connectivity index (χ0v) is 18.6. The standard InChI is InChI=1S/C26H23FN4O2/c1-14-4-9-19-17(10-14)26(24(33)30-19)18(13-28)23(29)31(16-7-5-15(27)6-8-16)20-11-25(2,3)12-21(32)22(20)26/h4-10H,11-12,29H2,1-3H3,(H,30,33). The Morgan fingerprint density at radius 2 is 1.82 bits per heavy atom. The van der Waals surface area contributed by atoms with E-state index in [2.05, 4.69) is 11.4 Å². The van der Waals surface area contributed by atoms with Crippen molar-refractivity contribution in [3.05, 3.63) is 82.1 Å². The molecule has 0 bridgehead atoms. The van der Waals surface area contributed by atoms with E-state index >= 15 is 0 Å². The van der Waals surface area contributed by atoms with Crippen LogP contribution in [0.5, 0.6) is 0 Å². The average molecular weight is 442 g/mol. The van der Waals surface area contributed by atoms with Gasteiger partial charge in [-0.05, 0) is 49.1 Å². The van der Waals surface area contributed by atoms with Gasteiger partial charge in [-0.2, -0.15) is 5.26 Å². The highest BCUT2D eigenvalue weighted by Gasteiger charge is 2.61. The minimum Gasteiger partial charge on any atom is -0.384 e. The third-order valence-corrected chi connectivity index (χ3v) is 6.73. The molecule has 1 spiro atoms. The molecule has 3 N–H and O–H groups in total. The number of nitrogens with two attached hydrogens (primary N) is 1. The first kappa shape index (κ1) is 21.0. The molecule has 5 rings (SSSR count). The summed E-state index contributed by atoms with van der Waals surface area (Å²) in [6, 6.07) is 13.4. The molecule has 0 saturated heterocycles. The SMILES string of the molecule is Cc1ccc2c(c1)C1(C(=O)N2)C(C#N)=C(N)N(c2ccc(F)cc2)C2=C1C(=O)CC(C)(C)C2. The molecule has 7 heteroatoms. The van der Waals surface area contributed by atoms with Crippen molar-refractivity contribution in [2.45, 2.75) is 39.0 Å². The molecule has 6 nitrogen and oxygen atoms in total. The molecule has 2 heterocycles. The number of anilines is 2. The number of hydrogen-bond donors (Lipinski definition) is 2. The largest absolute Gasteiger partial charge is 0.384 e. The fraction of sp³-hybridized carbons (Fsp3) is 0.269. The first-order valence-electron chi connectivity index (χ1n) is 10.8. The van der Waals surface area contributed by atoms with Gasteiger partial charge in [-0.1, -0.05) is 31.5 Å². The molecule has 1 unspecified atom stereocenters. The summed E-state index contributed by atoms with van der Waals surface area (Å²) in [6.45, 7) is 5.86. The number of nitriles is 1. The number of allylic oxidation sites excluding steroid dienone is 1. The van der Waals surface area contributed by atoms with E-state index in [0.29, 0.717) is 29.1 Å². The molecule has 0 radical (unpaired) electrons. The Bertz CT molecular complexity index is 1350. The van der Waals surface area contributed by atoms with Crippen molar-refractivity contribution < 1.29 is 14.0 Å². The highest BCUT2D eigenvalue weighted by molar-refractivity contribution is 6.20. The number of carbonyl (C=O) groups excluding carboxylic acids is 2. The number of halogens is 1. The number of aryl methyl sites for hydroxylation is 1. The van der Waals surface area contributed by atoms with E-state index in [-0.39, 0.29) is 34.6 Å². The maximum atomic E-state index is 13.7. The fourth-order valence-corrected chi connectivity index (χ4v) is 5.42. The van der Waals surface area contributed by atoms with Crippen LogP contribution in [0.4, 0.5) is 15.8 Å². The van der Waals surface area contributed by atoms with E-state index in [9.17, 15) is 19.2 Å². The predicted octanol–water partition coefficient (Wildman–Crippen LogP) is 4.18. The second-order valence-corrected chi connectivity index (χ2v) is 9.70. The van der Waals surface area contributed by atoms with Gasteiger partial charge in [0.1, 0.15) is 23.1 Å². The van der Waals surface area contributed by atoms with Gasteiger partial charge in [-0.25, -0.2) is 4.39 Å². The monoisotopic (exact) mass is 442 g/mol. The van der Waals surface area contributed by atoms with Crippen molar-refractivity contribution in [2.24, 2.45) is 11.1 Å². The smallest absolute Gasteiger partial charge is 0.245 e. The number of carbonyl (C=O) groups is 2. The molecule has 0 fully saturated rings. The molecular weight excluding hydrogens is 419 g/mol. The lowest BCUT2D eigenvalue weighted by Crippen LogP contribution is -2.52. The van der Waals surface area contributed by atoms with E-state index < -0.39 is 17.1 Å². The van der Waals surface area contributed by atoms with E-state index in [1.807, 2.05) is 32.9 Å². The molecule has 2 aromatic carbocycles. The summed E-state index contributed by atoms with van der Waals surface area (Å²) in [5, 5.41) is 13.2. The van der Waals surface area contributed by atoms with Crippen LogP contribution in [0.25, 0.3) is 0 Å². The number of hydrogen-bond acceptors (Lipinski definition) is 5. The maximum Gasteiger partial charge on any atom is 0.245 e. The van der Waals surface area contributed by atoms with E-state index in [0.717, 1.165) is 5.56 Å². The van der Waals surface area contributed by atoms with Gasteiger partial charge in [0.15, 0.2) is 5.78 Å². The molecule has 2 aliphatic heterocycles. The highest BCUT2D eigenvalue weighted by Crippen LogP contribution is 2.57. The van der Waals surface area contributed by atoms with Gasteiger partial charge < -0.3 is 11.1 Å². The van der Waals surface area contributed by atoms with Crippen molar-refractivity contribution in [3.8, 4) is 6.07 Å². The molecule has 0 saturated carbocycles. The Kier molecular flexibility index (Phi) is 4.31. The Morgan fingerprint density at radius 1 is 1.12 bits per heavy atom. The second kappa shape index (κ2) is 6.79. The number of nitrogens with one attached hydrogen (secondary N) is 1. The lowest BCUT2D eigenvalue weighted by molar-refractivity contribution is -0.123. The van der Waals surface area contributed by atoms with E-state index in [4.69, 9.17) is 5.73 Å². The summed E-state index contributed by atoms with van der Waals surface area (Å²) >= 11 is 0. The van der Waals surface area contributed by atoms with Gasteiger partial charge in [0.25, 0.3) is 0 Å². The summed E-state index contributed by atoms with van der Waals surface area (Å²) in [6.07, 6.45) is 0.693. The van der Waals surface area contributed by atoms with Gasteiger partial charge in [0, 0.05) is 34.6 Å². The van der Waals surface area contributed by atoms with Crippen molar-refractivity contribution >= 4 is 23.1 Å². The van der Waals surface area contributed by atoms with Crippen LogP contribution in [0, 0.1) is 29.5 Å². The minimum atomic E-state index is -1.61. The second-order valence-electron chi connectivity index (χ2n) is 9.70. The van der Waals surface area contributed by atoms with Crippen LogP contribution in [-0.2, 0) is 15.0 Å². The van der Waals surface area contributed by atoms with Crippen LogP contribution in [0.15, 0.2) is 65.1 Å². The van der Waals surface area contributed by atoms with E-state index in [1.54, 1.807) is 23.1 Å². The number of benzene rings is 2. The normalized spacial score (nSPS) is 23.4. The summed E-state index contributed by atoms with van der Waals surface area (Å²) in [5.41, 5.74) is 8.02. The Hall–Kier alpha value is -3.92. The van der Waals surface area contributed by atoms with Crippen LogP contribution in [0.2, 0.25) is 0 Å². The predicted molar refractivity (Wildman–Crippen MR) is 122 cm³/mol. The number of fused-ring (bicyclic) bond motifs is 3. The fourth-order valence-electron chi connectivity index (χ4n) is 5.42.